The van der Waals surface area contributed by atoms with Crippen LogP contribution in [0.3, 0.4) is 0 Å². The van der Waals surface area contributed by atoms with Crippen molar-refractivity contribution in [1.82, 2.24) is 0 Å². The van der Waals surface area contributed by atoms with Gasteiger partial charge in [-0.25, -0.2) is 4.79 Å². The summed E-state index contributed by atoms with van der Waals surface area (Å²) in [5, 5.41) is 0.271. The second-order valence-corrected chi connectivity index (χ2v) is 11.5. The monoisotopic (exact) mass is 300 g/mol. The van der Waals surface area contributed by atoms with Gasteiger partial charge >= 0.3 is 5.97 Å². The highest BCUT2D eigenvalue weighted by Gasteiger charge is 2.36. The Morgan fingerprint density at radius 2 is 1.80 bits per heavy atom. The average molecular weight is 301 g/mol. The van der Waals surface area contributed by atoms with Crippen LogP contribution in [0.2, 0.25) is 18.1 Å². The first-order chi connectivity index (χ1) is 9.12. The molecule has 0 amide bonds. The van der Waals surface area contributed by atoms with E-state index in [1.54, 1.807) is 0 Å². The van der Waals surface area contributed by atoms with E-state index in [-0.39, 0.29) is 11.0 Å². The SMILES string of the molecule is CCOC(=O)C(C)=CCCCCO[Si](C)(C)C(C)(C)C. The fraction of sp³-hybridized carbons (Fsp3) is 0.812. The molecule has 0 aromatic carbocycles. The first kappa shape index (κ1) is 19.4. The molecule has 0 N–H and O–H groups in total. The molecule has 0 saturated heterocycles. The van der Waals surface area contributed by atoms with Crippen LogP contribution in [0.5, 0.6) is 0 Å². The van der Waals surface area contributed by atoms with Crippen molar-refractivity contribution >= 4 is 14.3 Å². The average Bonchev–Trinajstić information content (AvgIpc) is 2.32. The summed E-state index contributed by atoms with van der Waals surface area (Å²) >= 11 is 0. The van der Waals surface area contributed by atoms with Crippen molar-refractivity contribution in [3.63, 3.8) is 0 Å². The van der Waals surface area contributed by atoms with E-state index in [9.17, 15) is 4.79 Å². The number of ether oxygens (including phenoxy) is 1. The van der Waals surface area contributed by atoms with E-state index < -0.39 is 8.32 Å². The molecule has 0 rings (SSSR count). The quantitative estimate of drug-likeness (QED) is 0.282. The Labute approximate surface area is 125 Å². The van der Waals surface area contributed by atoms with Gasteiger partial charge in [0.25, 0.3) is 0 Å². The van der Waals surface area contributed by atoms with Crippen molar-refractivity contribution in [2.75, 3.05) is 13.2 Å². The van der Waals surface area contributed by atoms with Gasteiger partial charge in [-0.1, -0.05) is 26.8 Å². The maximum Gasteiger partial charge on any atom is 0.333 e. The van der Waals surface area contributed by atoms with E-state index in [0.717, 1.165) is 25.9 Å². The molecule has 0 aliphatic heterocycles. The molecule has 20 heavy (non-hydrogen) atoms. The number of hydrogen-bond donors (Lipinski definition) is 0. The molecule has 0 heterocycles. The zero-order chi connectivity index (χ0) is 15.8. The fourth-order valence-corrected chi connectivity index (χ4v) is 2.52. The molecule has 0 spiro atoms. The number of allylic oxidation sites excluding steroid dienone is 1. The van der Waals surface area contributed by atoms with Gasteiger partial charge in [-0.2, -0.15) is 0 Å². The molecule has 4 heteroatoms. The minimum atomic E-state index is -1.61. The molecule has 0 aromatic heterocycles. The Bertz CT molecular complexity index is 327. The van der Waals surface area contributed by atoms with Crippen LogP contribution in [-0.2, 0) is 14.0 Å². The number of carbonyl (C=O) groups excluding carboxylic acids is 1. The highest BCUT2D eigenvalue weighted by molar-refractivity contribution is 6.74. The standard InChI is InChI=1S/C16H32O3Si/c1-8-18-15(17)14(2)12-10-9-11-13-19-20(6,7)16(3,4)5/h12H,8-11,13H2,1-7H3. The summed E-state index contributed by atoms with van der Waals surface area (Å²) in [6.07, 6.45) is 4.96. The maximum atomic E-state index is 11.4. The molecule has 0 unspecified atom stereocenters. The number of unbranched alkanes of at least 4 members (excludes halogenated alkanes) is 2. The van der Waals surface area contributed by atoms with Gasteiger partial charge in [0, 0.05) is 12.2 Å². The highest BCUT2D eigenvalue weighted by atomic mass is 28.4. The first-order valence-electron chi connectivity index (χ1n) is 7.59. The van der Waals surface area contributed by atoms with Crippen LogP contribution in [-0.4, -0.2) is 27.5 Å². The summed E-state index contributed by atoms with van der Waals surface area (Å²) < 4.78 is 11.1. The van der Waals surface area contributed by atoms with Crippen molar-refractivity contribution in [3.8, 4) is 0 Å². The Morgan fingerprint density at radius 3 is 2.30 bits per heavy atom. The lowest BCUT2D eigenvalue weighted by molar-refractivity contribution is -0.138. The summed E-state index contributed by atoms with van der Waals surface area (Å²) in [4.78, 5) is 11.4. The van der Waals surface area contributed by atoms with Gasteiger partial charge in [-0.3, -0.25) is 0 Å². The number of esters is 1. The molecule has 0 bridgehead atoms. The summed E-state index contributed by atoms with van der Waals surface area (Å²) in [7, 11) is -1.61. The van der Waals surface area contributed by atoms with Gasteiger partial charge < -0.3 is 9.16 Å². The van der Waals surface area contributed by atoms with Gasteiger partial charge in [-0.15, -0.1) is 0 Å². The molecular formula is C16H32O3Si. The predicted octanol–water partition coefficient (Wildman–Crippen LogP) is 4.69. The Kier molecular flexibility index (Phi) is 8.36. The molecule has 0 aromatic rings. The second-order valence-electron chi connectivity index (χ2n) is 6.71. The van der Waals surface area contributed by atoms with Crippen LogP contribution >= 0.6 is 0 Å². The van der Waals surface area contributed by atoms with Crippen molar-refractivity contribution in [1.29, 1.82) is 0 Å². The largest absolute Gasteiger partial charge is 0.463 e. The van der Waals surface area contributed by atoms with E-state index in [0.29, 0.717) is 12.2 Å². The Morgan fingerprint density at radius 1 is 1.20 bits per heavy atom. The van der Waals surface area contributed by atoms with Crippen LogP contribution in [0, 0.1) is 0 Å². The molecule has 118 valence electrons. The van der Waals surface area contributed by atoms with Crippen LogP contribution in [0.4, 0.5) is 0 Å². The smallest absolute Gasteiger partial charge is 0.333 e. The third-order valence-electron chi connectivity index (χ3n) is 3.92. The van der Waals surface area contributed by atoms with Crippen LogP contribution in [0.1, 0.15) is 53.9 Å². The summed E-state index contributed by atoms with van der Waals surface area (Å²) in [6.45, 7) is 16.2. The summed E-state index contributed by atoms with van der Waals surface area (Å²) in [5.41, 5.74) is 0.706. The molecule has 0 aliphatic rings. The number of rotatable bonds is 8. The van der Waals surface area contributed by atoms with Crippen molar-refractivity contribution in [2.45, 2.75) is 72.0 Å². The molecule has 0 radical (unpaired) electrons. The molecule has 0 fully saturated rings. The van der Waals surface area contributed by atoms with Gasteiger partial charge in [-0.05, 0) is 51.2 Å². The molecular weight excluding hydrogens is 268 g/mol. The lowest BCUT2D eigenvalue weighted by atomic mass is 10.2. The van der Waals surface area contributed by atoms with E-state index in [1.807, 2.05) is 19.9 Å². The predicted molar refractivity (Wildman–Crippen MR) is 87.4 cm³/mol. The second kappa shape index (κ2) is 8.62. The van der Waals surface area contributed by atoms with E-state index in [1.165, 1.54) is 0 Å². The zero-order valence-electron chi connectivity index (χ0n) is 14.3. The van der Waals surface area contributed by atoms with E-state index in [2.05, 4.69) is 33.9 Å². The van der Waals surface area contributed by atoms with Gasteiger partial charge in [0.15, 0.2) is 8.32 Å². The molecule has 0 atom stereocenters. The van der Waals surface area contributed by atoms with Crippen LogP contribution in [0.15, 0.2) is 11.6 Å². The molecule has 0 aliphatic carbocycles. The topological polar surface area (TPSA) is 35.5 Å². The molecule has 0 saturated carbocycles. The van der Waals surface area contributed by atoms with E-state index >= 15 is 0 Å². The minimum absolute atomic E-state index is 0.204. The fourth-order valence-electron chi connectivity index (χ4n) is 1.44. The van der Waals surface area contributed by atoms with Crippen molar-refractivity contribution < 1.29 is 14.0 Å². The third-order valence-corrected chi connectivity index (χ3v) is 8.45. The highest BCUT2D eigenvalue weighted by Crippen LogP contribution is 2.36. The summed E-state index contributed by atoms with van der Waals surface area (Å²) in [6, 6.07) is 0. The van der Waals surface area contributed by atoms with Gasteiger partial charge in [0.05, 0.1) is 6.61 Å². The number of hydrogen-bond acceptors (Lipinski definition) is 3. The lowest BCUT2D eigenvalue weighted by Crippen LogP contribution is -2.40. The maximum absolute atomic E-state index is 11.4. The third kappa shape index (κ3) is 7.24. The first-order valence-corrected chi connectivity index (χ1v) is 10.5. The Hall–Kier alpha value is -0.613. The van der Waals surface area contributed by atoms with Crippen LogP contribution < -0.4 is 0 Å². The minimum Gasteiger partial charge on any atom is -0.463 e. The van der Waals surface area contributed by atoms with Crippen LogP contribution in [0.25, 0.3) is 0 Å². The summed E-state index contributed by atoms with van der Waals surface area (Å²) in [5.74, 6) is -0.204. The normalized spacial score (nSPS) is 13.4. The van der Waals surface area contributed by atoms with Gasteiger partial charge in [0.1, 0.15) is 0 Å². The van der Waals surface area contributed by atoms with Crippen molar-refractivity contribution in [2.24, 2.45) is 0 Å². The van der Waals surface area contributed by atoms with Crippen molar-refractivity contribution in [3.05, 3.63) is 11.6 Å². The van der Waals surface area contributed by atoms with E-state index in [4.69, 9.17) is 9.16 Å². The zero-order valence-corrected chi connectivity index (χ0v) is 15.3. The number of carbonyl (C=O) groups is 1. The molecule has 3 nitrogen and oxygen atoms in total. The van der Waals surface area contributed by atoms with Gasteiger partial charge in [0.2, 0.25) is 0 Å². The lowest BCUT2D eigenvalue weighted by Gasteiger charge is -2.36. The Balaban J connectivity index is 3.89.